The van der Waals surface area contributed by atoms with Gasteiger partial charge in [0, 0.05) is 20.2 Å². The fourth-order valence-corrected chi connectivity index (χ4v) is 3.21. The Kier molecular flexibility index (Phi) is 4.23. The molecule has 2 aromatic rings. The number of halogens is 2. The lowest BCUT2D eigenvalue weighted by Crippen LogP contribution is -2.34. The minimum Gasteiger partial charge on any atom is -0.400 e. The third-order valence-electron chi connectivity index (χ3n) is 3.36. The molecule has 0 spiro atoms. The molecule has 1 aromatic heterocycles. The Balaban J connectivity index is 0.000000637. The van der Waals surface area contributed by atoms with Crippen LogP contribution >= 0.6 is 23.2 Å². The maximum absolute atomic E-state index is 7.00. The predicted octanol–water partition coefficient (Wildman–Crippen LogP) is 3.35. The van der Waals surface area contributed by atoms with Crippen molar-refractivity contribution >= 4 is 39.9 Å². The summed E-state index contributed by atoms with van der Waals surface area (Å²) in [7, 11) is 1.00. The summed E-state index contributed by atoms with van der Waals surface area (Å²) in [6, 6.07) is 4.14. The second-order valence-electron chi connectivity index (χ2n) is 4.40. The van der Waals surface area contributed by atoms with E-state index in [0.29, 0.717) is 11.3 Å². The number of anilines is 1. The molecule has 0 amide bonds. The molecule has 0 fully saturated rings. The topological polar surface area (TPSA) is 41.3 Å². The molecule has 2 heterocycles. The van der Waals surface area contributed by atoms with Gasteiger partial charge in [0.1, 0.15) is 0 Å². The van der Waals surface area contributed by atoms with Gasteiger partial charge in [-0.05, 0) is 37.6 Å². The van der Waals surface area contributed by atoms with E-state index in [0.717, 1.165) is 41.9 Å². The largest absolute Gasteiger partial charge is 0.400 e. The summed E-state index contributed by atoms with van der Waals surface area (Å²) >= 11 is 12.5. The maximum atomic E-state index is 7.00. The van der Waals surface area contributed by atoms with Gasteiger partial charge in [-0.15, -0.1) is 0 Å². The Labute approximate surface area is 122 Å². The van der Waals surface area contributed by atoms with Crippen molar-refractivity contribution in [1.82, 2.24) is 9.55 Å². The highest BCUT2D eigenvalue weighted by Gasteiger charge is 2.27. The van der Waals surface area contributed by atoms with Crippen LogP contribution in [0.5, 0.6) is 0 Å². The first kappa shape index (κ1) is 14.4. The van der Waals surface area contributed by atoms with Crippen LogP contribution in [0.3, 0.4) is 0 Å². The van der Waals surface area contributed by atoms with Crippen molar-refractivity contribution in [3.63, 3.8) is 0 Å². The summed E-state index contributed by atoms with van der Waals surface area (Å²) in [5, 5.41) is 8.32. The number of imidazole rings is 1. The molecular weight excluding hydrogens is 285 g/mol. The molecule has 0 saturated heterocycles. The molecule has 3 rings (SSSR count). The van der Waals surface area contributed by atoms with E-state index in [1.54, 1.807) is 0 Å². The van der Waals surface area contributed by atoms with Crippen molar-refractivity contribution < 1.29 is 5.11 Å². The Morgan fingerprint density at radius 3 is 2.68 bits per heavy atom. The highest BCUT2D eigenvalue weighted by atomic mass is 35.5. The van der Waals surface area contributed by atoms with Gasteiger partial charge < -0.3 is 14.6 Å². The van der Waals surface area contributed by atoms with Gasteiger partial charge >= 0.3 is 0 Å². The van der Waals surface area contributed by atoms with E-state index < -0.39 is 0 Å². The lowest BCUT2D eigenvalue weighted by atomic mass is 10.1. The molecule has 0 radical (unpaired) electrons. The number of hydrogen-bond acceptors (Lipinski definition) is 3. The SMILES string of the molecule is CCN1CC(C)n2c(Cl)nc3ccc(Cl)c1c32.CO. The normalized spacial score (nSPS) is 17.4. The molecule has 6 heteroatoms. The Bertz CT molecular complexity index is 597. The predicted molar refractivity (Wildman–Crippen MR) is 80.5 cm³/mol. The molecule has 1 aliphatic heterocycles. The van der Waals surface area contributed by atoms with Gasteiger partial charge in [0.05, 0.1) is 27.8 Å². The minimum absolute atomic E-state index is 0.318. The number of aliphatic hydroxyl groups excluding tert-OH is 1. The Morgan fingerprint density at radius 2 is 2.05 bits per heavy atom. The molecule has 1 atom stereocenters. The zero-order valence-corrected chi connectivity index (χ0v) is 12.7. The summed E-state index contributed by atoms with van der Waals surface area (Å²) in [6.45, 7) is 6.14. The zero-order valence-electron chi connectivity index (χ0n) is 11.2. The second-order valence-corrected chi connectivity index (χ2v) is 5.15. The summed E-state index contributed by atoms with van der Waals surface area (Å²) in [5.74, 6) is 0. The molecule has 4 nitrogen and oxygen atoms in total. The van der Waals surface area contributed by atoms with Gasteiger partial charge in [-0.2, -0.15) is 0 Å². The Hall–Kier alpha value is -0.970. The number of nitrogens with zero attached hydrogens (tertiary/aromatic N) is 3. The van der Waals surface area contributed by atoms with Crippen LogP contribution in [0.4, 0.5) is 5.69 Å². The molecule has 1 N–H and O–H groups in total. The molecule has 1 aromatic carbocycles. The van der Waals surface area contributed by atoms with Crippen molar-refractivity contribution in [3.05, 3.63) is 22.4 Å². The van der Waals surface area contributed by atoms with Crippen molar-refractivity contribution in [1.29, 1.82) is 0 Å². The van der Waals surface area contributed by atoms with Crippen LogP contribution < -0.4 is 4.90 Å². The van der Waals surface area contributed by atoms with Crippen LogP contribution in [0.2, 0.25) is 10.3 Å². The van der Waals surface area contributed by atoms with E-state index in [2.05, 4.69) is 28.3 Å². The monoisotopic (exact) mass is 301 g/mol. The van der Waals surface area contributed by atoms with Gasteiger partial charge in [-0.3, -0.25) is 0 Å². The first-order valence-electron chi connectivity index (χ1n) is 6.19. The molecule has 0 aliphatic carbocycles. The molecule has 0 saturated carbocycles. The summed E-state index contributed by atoms with van der Waals surface area (Å²) in [4.78, 5) is 6.67. The average molecular weight is 302 g/mol. The second kappa shape index (κ2) is 5.57. The summed E-state index contributed by atoms with van der Waals surface area (Å²) < 4.78 is 2.07. The van der Waals surface area contributed by atoms with Crippen molar-refractivity contribution in [3.8, 4) is 0 Å². The first-order chi connectivity index (χ1) is 9.13. The van der Waals surface area contributed by atoms with Gasteiger partial charge in [0.25, 0.3) is 0 Å². The van der Waals surface area contributed by atoms with Crippen molar-refractivity contribution in [2.24, 2.45) is 0 Å². The van der Waals surface area contributed by atoms with Gasteiger partial charge in [0.2, 0.25) is 5.28 Å². The van der Waals surface area contributed by atoms with E-state index in [9.17, 15) is 0 Å². The fourth-order valence-electron chi connectivity index (χ4n) is 2.60. The van der Waals surface area contributed by atoms with E-state index in [4.69, 9.17) is 28.3 Å². The molecule has 19 heavy (non-hydrogen) atoms. The number of aliphatic hydroxyl groups is 1. The third kappa shape index (κ3) is 2.18. The van der Waals surface area contributed by atoms with Crippen LogP contribution in [0, 0.1) is 0 Å². The van der Waals surface area contributed by atoms with Crippen LogP contribution in [0.25, 0.3) is 11.0 Å². The lowest BCUT2D eigenvalue weighted by molar-refractivity contribution is 0.399. The first-order valence-corrected chi connectivity index (χ1v) is 6.94. The quantitative estimate of drug-likeness (QED) is 0.878. The number of likely N-dealkylation sites (N-methyl/N-ethyl adjacent to an activating group) is 1. The van der Waals surface area contributed by atoms with E-state index in [-0.39, 0.29) is 0 Å². The number of benzene rings is 1. The third-order valence-corrected chi connectivity index (χ3v) is 3.93. The van der Waals surface area contributed by atoms with E-state index >= 15 is 0 Å². The van der Waals surface area contributed by atoms with Crippen LogP contribution in [0.15, 0.2) is 12.1 Å². The molecule has 104 valence electrons. The van der Waals surface area contributed by atoms with E-state index in [1.165, 1.54) is 0 Å². The molecular formula is C13H17Cl2N3O. The standard InChI is InChI=1S/C12H13Cl2N3.CH4O/c1-3-16-6-7(2)17-11-9(15-12(17)14)5-4-8(13)10(11)16;1-2/h4-5,7H,3,6H2,1-2H3;2H,1H3. The van der Waals surface area contributed by atoms with Gasteiger partial charge in [-0.1, -0.05) is 11.6 Å². The molecule has 1 aliphatic rings. The lowest BCUT2D eigenvalue weighted by Gasteiger charge is -2.34. The Morgan fingerprint density at radius 1 is 1.37 bits per heavy atom. The van der Waals surface area contributed by atoms with Gasteiger partial charge in [-0.25, -0.2) is 4.98 Å². The van der Waals surface area contributed by atoms with E-state index in [1.807, 2.05) is 12.1 Å². The van der Waals surface area contributed by atoms with Crippen molar-refractivity contribution in [2.45, 2.75) is 19.9 Å². The van der Waals surface area contributed by atoms with Crippen LogP contribution in [-0.2, 0) is 0 Å². The van der Waals surface area contributed by atoms with Crippen molar-refractivity contribution in [2.75, 3.05) is 25.1 Å². The number of aromatic nitrogens is 2. The minimum atomic E-state index is 0.318. The fraction of sp³-hybridized carbons (Fsp3) is 0.462. The highest BCUT2D eigenvalue weighted by Crippen LogP contribution is 2.41. The molecule has 0 bridgehead atoms. The summed E-state index contributed by atoms with van der Waals surface area (Å²) in [5.41, 5.74) is 3.03. The highest BCUT2D eigenvalue weighted by molar-refractivity contribution is 6.35. The number of hydrogen-bond donors (Lipinski definition) is 1. The van der Waals surface area contributed by atoms with Gasteiger partial charge in [0.15, 0.2) is 0 Å². The van der Waals surface area contributed by atoms with Crippen LogP contribution in [0.1, 0.15) is 19.9 Å². The van der Waals surface area contributed by atoms with Crippen LogP contribution in [-0.4, -0.2) is 34.9 Å². The zero-order chi connectivity index (χ0) is 14.2. The average Bonchev–Trinajstić information content (AvgIpc) is 2.76. The number of rotatable bonds is 1. The molecule has 1 unspecified atom stereocenters. The smallest absolute Gasteiger partial charge is 0.204 e. The maximum Gasteiger partial charge on any atom is 0.204 e. The summed E-state index contributed by atoms with van der Waals surface area (Å²) in [6.07, 6.45) is 0.